The Morgan fingerprint density at radius 3 is 2.17 bits per heavy atom. The lowest BCUT2D eigenvalue weighted by Gasteiger charge is -2.27. The lowest BCUT2D eigenvalue weighted by atomic mass is 9.84. The van der Waals surface area contributed by atoms with Crippen molar-refractivity contribution in [1.29, 1.82) is 0 Å². The lowest BCUT2D eigenvalue weighted by molar-refractivity contribution is 0.0298. The third-order valence-electron chi connectivity index (χ3n) is 6.53. The number of hydrogen-bond acceptors (Lipinski definition) is 3. The molecule has 2 aromatic rings. The normalized spacial score (nSPS) is 26.4. The van der Waals surface area contributed by atoms with Crippen molar-refractivity contribution in [3.05, 3.63) is 71.3 Å². The fourth-order valence-electron chi connectivity index (χ4n) is 4.83. The Kier molecular flexibility index (Phi) is 5.16. The molecule has 1 saturated carbocycles. The highest BCUT2D eigenvalue weighted by Crippen LogP contribution is 2.49. The van der Waals surface area contributed by atoms with E-state index in [4.69, 9.17) is 4.74 Å². The van der Waals surface area contributed by atoms with E-state index in [2.05, 4.69) is 45.0 Å². The Labute approximate surface area is 173 Å². The van der Waals surface area contributed by atoms with E-state index in [1.54, 1.807) is 4.90 Å². The van der Waals surface area contributed by atoms with Crippen LogP contribution in [0.2, 0.25) is 0 Å². The van der Waals surface area contributed by atoms with Crippen molar-refractivity contribution in [3.8, 4) is 0 Å². The molecule has 1 heterocycles. The fourth-order valence-corrected chi connectivity index (χ4v) is 4.83. The van der Waals surface area contributed by atoms with Crippen molar-refractivity contribution in [2.75, 3.05) is 13.1 Å². The van der Waals surface area contributed by atoms with Gasteiger partial charge in [-0.2, -0.15) is 0 Å². The maximum absolute atomic E-state index is 12.5. The summed E-state index contributed by atoms with van der Waals surface area (Å²) in [6.07, 6.45) is 1.16. The van der Waals surface area contributed by atoms with Crippen LogP contribution in [-0.4, -0.2) is 29.2 Å². The molecule has 4 rings (SSSR count). The summed E-state index contributed by atoms with van der Waals surface area (Å²) in [4.78, 5) is 14.3. The summed E-state index contributed by atoms with van der Waals surface area (Å²) in [5, 5.41) is 11.3. The number of carbonyl (C=O) groups is 1. The van der Waals surface area contributed by atoms with Crippen LogP contribution in [0.4, 0.5) is 4.79 Å². The van der Waals surface area contributed by atoms with Crippen LogP contribution in [0.5, 0.6) is 0 Å². The SMILES string of the molecule is CC(C)(C)c1ccc(C2(O)C[C@H]3CN(C(=O)OCc4ccccc4)C[C@H]3C2)cc1. The van der Waals surface area contributed by atoms with Crippen molar-refractivity contribution in [2.45, 2.75) is 51.2 Å². The largest absolute Gasteiger partial charge is 0.445 e. The van der Waals surface area contributed by atoms with Gasteiger partial charge in [-0.25, -0.2) is 4.79 Å². The van der Waals surface area contributed by atoms with Crippen LogP contribution in [0, 0.1) is 11.8 Å². The van der Waals surface area contributed by atoms with Crippen LogP contribution < -0.4 is 0 Å². The molecule has 2 aliphatic rings. The zero-order valence-corrected chi connectivity index (χ0v) is 17.6. The van der Waals surface area contributed by atoms with Gasteiger partial charge in [0.05, 0.1) is 5.60 Å². The average Bonchev–Trinajstić information content (AvgIpc) is 3.22. The van der Waals surface area contributed by atoms with Gasteiger partial charge < -0.3 is 14.7 Å². The van der Waals surface area contributed by atoms with E-state index in [0.29, 0.717) is 44.4 Å². The Hall–Kier alpha value is -2.33. The predicted molar refractivity (Wildman–Crippen MR) is 113 cm³/mol. The second-order valence-corrected chi connectivity index (χ2v) is 9.73. The summed E-state index contributed by atoms with van der Waals surface area (Å²) >= 11 is 0. The molecule has 4 heteroatoms. The van der Waals surface area contributed by atoms with E-state index >= 15 is 0 Å². The van der Waals surface area contributed by atoms with Crippen molar-refractivity contribution in [3.63, 3.8) is 0 Å². The van der Waals surface area contributed by atoms with E-state index in [9.17, 15) is 9.90 Å². The molecule has 0 spiro atoms. The van der Waals surface area contributed by atoms with E-state index in [0.717, 1.165) is 11.1 Å². The molecule has 154 valence electrons. The van der Waals surface area contributed by atoms with Crippen LogP contribution in [0.15, 0.2) is 54.6 Å². The summed E-state index contributed by atoms with van der Waals surface area (Å²) in [6.45, 7) is 8.23. The zero-order valence-electron chi connectivity index (χ0n) is 17.6. The van der Waals surface area contributed by atoms with Crippen molar-refractivity contribution >= 4 is 6.09 Å². The van der Waals surface area contributed by atoms with Gasteiger partial charge in [0.25, 0.3) is 0 Å². The molecule has 0 radical (unpaired) electrons. The van der Waals surface area contributed by atoms with Crippen molar-refractivity contribution < 1.29 is 14.6 Å². The van der Waals surface area contributed by atoms with Crippen LogP contribution in [-0.2, 0) is 22.4 Å². The molecule has 2 aromatic carbocycles. The first kappa shape index (κ1) is 20.0. The van der Waals surface area contributed by atoms with Crippen molar-refractivity contribution in [2.24, 2.45) is 11.8 Å². The molecule has 1 amide bonds. The van der Waals surface area contributed by atoms with E-state index < -0.39 is 5.60 Å². The minimum Gasteiger partial charge on any atom is -0.445 e. The van der Waals surface area contributed by atoms with Gasteiger partial charge in [-0.05, 0) is 46.8 Å². The lowest BCUT2D eigenvalue weighted by Crippen LogP contribution is -2.32. The summed E-state index contributed by atoms with van der Waals surface area (Å²) in [6, 6.07) is 18.2. The number of hydrogen-bond donors (Lipinski definition) is 1. The number of benzene rings is 2. The maximum Gasteiger partial charge on any atom is 0.410 e. The molecular formula is C25H31NO3. The molecule has 1 saturated heterocycles. The standard InChI is InChI=1S/C25H31NO3/c1-24(2,3)21-9-11-22(12-10-21)25(28)13-19-15-26(16-20(19)14-25)23(27)29-17-18-7-5-4-6-8-18/h4-12,19-20,28H,13-17H2,1-3H3/t19-,20+,25?. The van der Waals surface area contributed by atoms with Crippen molar-refractivity contribution in [1.82, 2.24) is 4.90 Å². The average molecular weight is 394 g/mol. The molecule has 1 aliphatic heterocycles. The Bertz CT molecular complexity index is 840. The molecule has 2 fully saturated rings. The third kappa shape index (κ3) is 4.18. The quantitative estimate of drug-likeness (QED) is 0.811. The molecule has 3 atom stereocenters. The predicted octanol–water partition coefficient (Wildman–Crippen LogP) is 4.85. The molecule has 1 unspecified atom stereocenters. The molecule has 1 N–H and O–H groups in total. The smallest absolute Gasteiger partial charge is 0.410 e. The van der Waals surface area contributed by atoms with Gasteiger partial charge in [-0.15, -0.1) is 0 Å². The van der Waals surface area contributed by atoms with Crippen LogP contribution in [0.3, 0.4) is 0 Å². The maximum atomic E-state index is 12.5. The van der Waals surface area contributed by atoms with E-state index in [1.165, 1.54) is 5.56 Å². The minimum atomic E-state index is -0.786. The minimum absolute atomic E-state index is 0.105. The second kappa shape index (κ2) is 7.49. The first-order valence-electron chi connectivity index (χ1n) is 10.5. The van der Waals surface area contributed by atoms with Gasteiger partial charge >= 0.3 is 6.09 Å². The van der Waals surface area contributed by atoms with Gasteiger partial charge in [-0.1, -0.05) is 75.4 Å². The molecule has 4 nitrogen and oxygen atoms in total. The van der Waals surface area contributed by atoms with Gasteiger partial charge in [0.2, 0.25) is 0 Å². The number of nitrogens with zero attached hydrogens (tertiary/aromatic N) is 1. The molecule has 0 aromatic heterocycles. The topological polar surface area (TPSA) is 49.8 Å². The molecule has 0 bridgehead atoms. The van der Waals surface area contributed by atoms with E-state index in [1.807, 2.05) is 30.3 Å². The zero-order chi connectivity index (χ0) is 20.6. The summed E-state index contributed by atoms with van der Waals surface area (Å²) in [5.74, 6) is 0.651. The first-order chi connectivity index (χ1) is 13.7. The Morgan fingerprint density at radius 1 is 1.03 bits per heavy atom. The van der Waals surface area contributed by atoms with Gasteiger partial charge in [0.15, 0.2) is 0 Å². The van der Waals surface area contributed by atoms with E-state index in [-0.39, 0.29) is 11.5 Å². The number of carbonyl (C=O) groups excluding carboxylic acids is 1. The summed E-state index contributed by atoms with van der Waals surface area (Å²) in [7, 11) is 0. The monoisotopic (exact) mass is 393 g/mol. The second-order valence-electron chi connectivity index (χ2n) is 9.73. The number of fused-ring (bicyclic) bond motifs is 1. The summed E-state index contributed by atoms with van der Waals surface area (Å²) in [5.41, 5.74) is 2.58. The first-order valence-corrected chi connectivity index (χ1v) is 10.5. The fraction of sp³-hybridized carbons (Fsp3) is 0.480. The van der Waals surface area contributed by atoms with Gasteiger partial charge in [0.1, 0.15) is 6.61 Å². The Balaban J connectivity index is 1.35. The molecule has 29 heavy (non-hydrogen) atoms. The number of ether oxygens (including phenoxy) is 1. The molecular weight excluding hydrogens is 362 g/mol. The number of likely N-dealkylation sites (tertiary alicyclic amines) is 1. The molecule has 1 aliphatic carbocycles. The third-order valence-corrected chi connectivity index (χ3v) is 6.53. The number of amides is 1. The highest BCUT2D eigenvalue weighted by atomic mass is 16.6. The Morgan fingerprint density at radius 2 is 1.62 bits per heavy atom. The summed E-state index contributed by atoms with van der Waals surface area (Å²) < 4.78 is 5.48. The van der Waals surface area contributed by atoms with Crippen LogP contribution >= 0.6 is 0 Å². The highest BCUT2D eigenvalue weighted by Gasteiger charge is 2.50. The van der Waals surface area contributed by atoms with Gasteiger partial charge in [-0.3, -0.25) is 0 Å². The number of rotatable bonds is 3. The van der Waals surface area contributed by atoms with Crippen LogP contribution in [0.25, 0.3) is 0 Å². The highest BCUT2D eigenvalue weighted by molar-refractivity contribution is 5.68. The number of aliphatic hydroxyl groups is 1. The van der Waals surface area contributed by atoms with Gasteiger partial charge in [0, 0.05) is 13.1 Å². The van der Waals surface area contributed by atoms with Crippen LogP contribution in [0.1, 0.15) is 50.3 Å².